The lowest BCUT2D eigenvalue weighted by Gasteiger charge is -2.07. The van der Waals surface area contributed by atoms with E-state index in [9.17, 15) is 14.4 Å². The number of aromatic nitrogens is 3. The normalized spacial score (nSPS) is 10.6. The molecule has 2 aromatic carbocycles. The van der Waals surface area contributed by atoms with Crippen LogP contribution in [0, 0.1) is 0 Å². The molecule has 0 fully saturated rings. The number of thioether (sulfide) groups is 1. The minimum atomic E-state index is -1.04. The van der Waals surface area contributed by atoms with Crippen LogP contribution in [0.25, 0.3) is 0 Å². The van der Waals surface area contributed by atoms with E-state index < -0.39 is 5.97 Å². The summed E-state index contributed by atoms with van der Waals surface area (Å²) in [6.45, 7) is 0.130. The van der Waals surface area contributed by atoms with Crippen LogP contribution in [0.3, 0.4) is 0 Å². The number of amides is 2. The van der Waals surface area contributed by atoms with Crippen molar-refractivity contribution in [2.45, 2.75) is 11.7 Å². The van der Waals surface area contributed by atoms with Gasteiger partial charge in [0.1, 0.15) is 0 Å². The highest BCUT2D eigenvalue weighted by Gasteiger charge is 2.14. The van der Waals surface area contributed by atoms with Crippen LogP contribution in [-0.4, -0.2) is 43.4 Å². The van der Waals surface area contributed by atoms with Crippen LogP contribution < -0.4 is 10.6 Å². The highest BCUT2D eigenvalue weighted by molar-refractivity contribution is 7.99. The molecule has 9 nitrogen and oxygen atoms in total. The lowest BCUT2D eigenvalue weighted by Crippen LogP contribution is -2.24. The van der Waals surface area contributed by atoms with Crippen molar-refractivity contribution in [1.82, 2.24) is 20.1 Å². The number of rotatable bonds is 8. The van der Waals surface area contributed by atoms with Crippen molar-refractivity contribution in [3.8, 4) is 0 Å². The fraction of sp³-hybridized carbons (Fsp3) is 0.150. The highest BCUT2D eigenvalue weighted by Crippen LogP contribution is 2.22. The zero-order valence-electron chi connectivity index (χ0n) is 16.6. The summed E-state index contributed by atoms with van der Waals surface area (Å²) in [7, 11) is 1.73. The van der Waals surface area contributed by atoms with Gasteiger partial charge in [0.15, 0.2) is 11.0 Å². The van der Waals surface area contributed by atoms with Crippen LogP contribution in [0.4, 0.5) is 5.69 Å². The minimum Gasteiger partial charge on any atom is -0.478 e. The van der Waals surface area contributed by atoms with E-state index in [0.717, 1.165) is 0 Å². The van der Waals surface area contributed by atoms with Crippen molar-refractivity contribution >= 4 is 58.4 Å². The Labute approximate surface area is 197 Å². The molecule has 0 aliphatic carbocycles. The van der Waals surface area contributed by atoms with Crippen LogP contribution >= 0.6 is 35.0 Å². The fourth-order valence-corrected chi connectivity index (χ4v) is 3.57. The third kappa shape index (κ3) is 6.00. The van der Waals surface area contributed by atoms with Gasteiger partial charge < -0.3 is 20.3 Å². The number of nitrogens with zero attached hydrogens (tertiary/aromatic N) is 3. The van der Waals surface area contributed by atoms with E-state index >= 15 is 0 Å². The second-order valence-corrected chi connectivity index (χ2v) is 8.25. The molecular formula is C20H17Cl2N5O4S. The maximum Gasteiger partial charge on any atom is 0.335 e. The summed E-state index contributed by atoms with van der Waals surface area (Å²) in [5, 5.41) is 23.6. The third-order valence-electron chi connectivity index (χ3n) is 4.26. The van der Waals surface area contributed by atoms with Crippen molar-refractivity contribution < 1.29 is 19.5 Å². The maximum atomic E-state index is 12.3. The van der Waals surface area contributed by atoms with E-state index in [1.807, 2.05) is 0 Å². The van der Waals surface area contributed by atoms with Gasteiger partial charge in [-0.3, -0.25) is 9.59 Å². The van der Waals surface area contributed by atoms with Gasteiger partial charge in [0.05, 0.1) is 27.9 Å². The molecule has 166 valence electrons. The number of carbonyl (C=O) groups is 3. The molecule has 2 amide bonds. The summed E-state index contributed by atoms with van der Waals surface area (Å²) in [5.41, 5.74) is 0.990. The number of hydrogen-bond acceptors (Lipinski definition) is 6. The monoisotopic (exact) mass is 493 g/mol. The topological polar surface area (TPSA) is 126 Å². The summed E-state index contributed by atoms with van der Waals surface area (Å²) >= 11 is 13.0. The molecule has 0 bridgehead atoms. The van der Waals surface area contributed by atoms with Crippen molar-refractivity contribution in [2.24, 2.45) is 7.05 Å². The molecule has 3 aromatic rings. The van der Waals surface area contributed by atoms with Crippen LogP contribution in [0.2, 0.25) is 10.0 Å². The summed E-state index contributed by atoms with van der Waals surface area (Å²) in [4.78, 5) is 35.3. The van der Waals surface area contributed by atoms with E-state index in [4.69, 9.17) is 28.3 Å². The number of carboxylic acids is 1. The summed E-state index contributed by atoms with van der Waals surface area (Å²) < 4.78 is 1.68. The quantitative estimate of drug-likeness (QED) is 0.410. The number of hydrogen-bond donors (Lipinski definition) is 3. The Bertz CT molecular complexity index is 1170. The third-order valence-corrected chi connectivity index (χ3v) is 6.02. The zero-order valence-corrected chi connectivity index (χ0v) is 19.0. The average molecular weight is 494 g/mol. The first-order valence-corrected chi connectivity index (χ1v) is 10.9. The smallest absolute Gasteiger partial charge is 0.335 e. The standard InChI is InChI=1S/C20H17Cl2N5O4S/c1-27-16(9-23-18(29)12-4-7-14(21)15(22)8-12)25-26-20(27)32-10-17(28)24-13-5-2-11(3-6-13)19(30)31/h2-8H,9-10H2,1H3,(H,23,29)(H,24,28)(H,30,31). The van der Waals surface area contributed by atoms with Gasteiger partial charge in [0.2, 0.25) is 5.91 Å². The lowest BCUT2D eigenvalue weighted by molar-refractivity contribution is -0.113. The summed E-state index contributed by atoms with van der Waals surface area (Å²) in [6, 6.07) is 10.4. The zero-order chi connectivity index (χ0) is 23.3. The van der Waals surface area contributed by atoms with Crippen molar-refractivity contribution in [2.75, 3.05) is 11.1 Å². The van der Waals surface area contributed by atoms with E-state index in [0.29, 0.717) is 27.3 Å². The first-order valence-electron chi connectivity index (χ1n) is 9.12. The summed E-state index contributed by atoms with van der Waals surface area (Å²) in [6.07, 6.45) is 0. The Morgan fingerprint density at radius 3 is 2.38 bits per heavy atom. The molecule has 0 aliphatic heterocycles. The number of nitrogens with one attached hydrogen (secondary N) is 2. The second kappa shape index (κ2) is 10.5. The first kappa shape index (κ1) is 23.6. The molecule has 0 atom stereocenters. The highest BCUT2D eigenvalue weighted by atomic mass is 35.5. The van der Waals surface area contributed by atoms with Crippen LogP contribution in [0.15, 0.2) is 47.6 Å². The van der Waals surface area contributed by atoms with E-state index in [2.05, 4.69) is 20.8 Å². The molecule has 12 heteroatoms. The van der Waals surface area contributed by atoms with Gasteiger partial charge in [-0.1, -0.05) is 35.0 Å². The van der Waals surface area contributed by atoms with Crippen LogP contribution in [0.1, 0.15) is 26.5 Å². The van der Waals surface area contributed by atoms with Crippen molar-refractivity contribution in [1.29, 1.82) is 0 Å². The Hall–Kier alpha value is -3.08. The van der Waals surface area contributed by atoms with Gasteiger partial charge in [-0.05, 0) is 42.5 Å². The molecular weight excluding hydrogens is 477 g/mol. The van der Waals surface area contributed by atoms with Gasteiger partial charge in [0, 0.05) is 18.3 Å². The number of anilines is 1. The molecule has 1 heterocycles. The fourth-order valence-electron chi connectivity index (χ4n) is 2.55. The number of carboxylic acid groups (broad SMARTS) is 1. The number of carbonyl (C=O) groups excluding carboxylic acids is 2. The predicted molar refractivity (Wildman–Crippen MR) is 121 cm³/mol. The molecule has 0 aliphatic rings. The number of halogens is 2. The second-order valence-electron chi connectivity index (χ2n) is 6.49. The SMILES string of the molecule is Cn1c(CNC(=O)c2ccc(Cl)c(Cl)c2)nnc1SCC(=O)Nc1ccc(C(=O)O)cc1. The molecule has 0 saturated carbocycles. The van der Waals surface area contributed by atoms with Gasteiger partial charge in [-0.25, -0.2) is 4.79 Å². The lowest BCUT2D eigenvalue weighted by atomic mass is 10.2. The Kier molecular flexibility index (Phi) is 7.73. The molecule has 0 saturated heterocycles. The van der Waals surface area contributed by atoms with Crippen LogP contribution in [-0.2, 0) is 18.4 Å². The van der Waals surface area contributed by atoms with Crippen molar-refractivity contribution in [3.05, 3.63) is 69.5 Å². The molecule has 3 rings (SSSR count). The van der Waals surface area contributed by atoms with Crippen molar-refractivity contribution in [3.63, 3.8) is 0 Å². The summed E-state index contributed by atoms with van der Waals surface area (Å²) in [5.74, 6) is -1.08. The molecule has 32 heavy (non-hydrogen) atoms. The first-order chi connectivity index (χ1) is 15.2. The predicted octanol–water partition coefficient (Wildman–Crippen LogP) is 3.48. The average Bonchev–Trinajstić information content (AvgIpc) is 3.12. The minimum absolute atomic E-state index is 0.0717. The Balaban J connectivity index is 1.51. The van der Waals surface area contributed by atoms with Gasteiger partial charge >= 0.3 is 5.97 Å². The Morgan fingerprint density at radius 1 is 1.03 bits per heavy atom. The van der Waals surface area contributed by atoms with E-state index in [1.165, 1.54) is 42.1 Å². The number of aromatic carboxylic acids is 1. The van der Waals surface area contributed by atoms with Gasteiger partial charge in [-0.2, -0.15) is 0 Å². The van der Waals surface area contributed by atoms with Gasteiger partial charge in [-0.15, -0.1) is 10.2 Å². The molecule has 1 aromatic heterocycles. The van der Waals surface area contributed by atoms with E-state index in [-0.39, 0.29) is 34.7 Å². The molecule has 0 radical (unpaired) electrons. The van der Waals surface area contributed by atoms with Crippen LogP contribution in [0.5, 0.6) is 0 Å². The van der Waals surface area contributed by atoms with Gasteiger partial charge in [0.25, 0.3) is 5.91 Å². The number of benzene rings is 2. The van der Waals surface area contributed by atoms with E-state index in [1.54, 1.807) is 23.7 Å². The molecule has 3 N–H and O–H groups in total. The maximum absolute atomic E-state index is 12.3. The largest absolute Gasteiger partial charge is 0.478 e. The Morgan fingerprint density at radius 2 is 1.72 bits per heavy atom. The molecule has 0 spiro atoms. The molecule has 0 unspecified atom stereocenters.